The number of amides is 1. The van der Waals surface area contributed by atoms with Gasteiger partial charge < -0.3 is 10.4 Å². The lowest BCUT2D eigenvalue weighted by Crippen LogP contribution is -2.36. The Morgan fingerprint density at radius 2 is 2.17 bits per heavy atom. The number of imidazole rings is 1. The molecule has 9 heteroatoms. The number of carboxylic acid groups (broad SMARTS) is 1. The molecule has 1 aliphatic rings. The molecule has 0 aromatic carbocycles. The summed E-state index contributed by atoms with van der Waals surface area (Å²) in [5, 5.41) is 15.8. The average molecular weight is 359 g/mol. The van der Waals surface area contributed by atoms with Gasteiger partial charge in [0, 0.05) is 12.8 Å². The summed E-state index contributed by atoms with van der Waals surface area (Å²) < 4.78 is 28.3. The first kappa shape index (κ1) is 16.9. The normalized spacial score (nSPS) is 19.3. The van der Waals surface area contributed by atoms with Crippen molar-refractivity contribution in [3.63, 3.8) is 0 Å². The minimum atomic E-state index is -2.67. The number of aromatic nitrogens is 3. The van der Waals surface area contributed by atoms with E-state index in [4.69, 9.17) is 16.7 Å². The highest BCUT2D eigenvalue weighted by Gasteiger charge is 2.39. The van der Waals surface area contributed by atoms with Gasteiger partial charge in [-0.15, -0.1) is 11.6 Å². The third kappa shape index (κ3) is 3.58. The number of rotatable bonds is 4. The molecule has 1 saturated carbocycles. The summed E-state index contributed by atoms with van der Waals surface area (Å²) in [6, 6.07) is 2.83. The predicted molar refractivity (Wildman–Crippen MR) is 83.4 cm³/mol. The molecule has 1 amide bonds. The molecular formula is C15H17ClF2N4O2. The van der Waals surface area contributed by atoms with Gasteiger partial charge in [0.25, 0.3) is 0 Å². The molecule has 2 heterocycles. The topological polar surface area (TPSA) is 79.5 Å². The van der Waals surface area contributed by atoms with E-state index in [2.05, 4.69) is 15.4 Å². The molecule has 1 fully saturated rings. The van der Waals surface area contributed by atoms with Crippen LogP contribution in [0.1, 0.15) is 43.1 Å². The average Bonchev–Trinajstić information content (AvgIpc) is 2.95. The molecule has 130 valence electrons. The molecule has 0 radical (unpaired) electrons. The molecule has 2 aromatic heterocycles. The van der Waals surface area contributed by atoms with Crippen LogP contribution >= 0.6 is 11.6 Å². The van der Waals surface area contributed by atoms with Crippen LogP contribution in [-0.4, -0.2) is 31.7 Å². The first-order chi connectivity index (χ1) is 11.4. The van der Waals surface area contributed by atoms with Crippen molar-refractivity contribution in [2.24, 2.45) is 5.92 Å². The molecule has 2 N–H and O–H groups in total. The van der Waals surface area contributed by atoms with Crippen LogP contribution in [0.4, 0.5) is 13.6 Å². The van der Waals surface area contributed by atoms with Crippen molar-refractivity contribution in [1.82, 2.24) is 19.9 Å². The van der Waals surface area contributed by atoms with E-state index in [-0.39, 0.29) is 37.5 Å². The monoisotopic (exact) mass is 358 g/mol. The van der Waals surface area contributed by atoms with Gasteiger partial charge in [-0.3, -0.25) is 0 Å². The van der Waals surface area contributed by atoms with Crippen molar-refractivity contribution >= 4 is 23.3 Å². The van der Waals surface area contributed by atoms with E-state index in [1.54, 1.807) is 18.3 Å². The minimum absolute atomic E-state index is 0.224. The van der Waals surface area contributed by atoms with E-state index >= 15 is 0 Å². The van der Waals surface area contributed by atoms with Gasteiger partial charge in [-0.25, -0.2) is 23.1 Å². The van der Waals surface area contributed by atoms with Gasteiger partial charge in [-0.2, -0.15) is 5.10 Å². The molecule has 0 aliphatic heterocycles. The lowest BCUT2D eigenvalue weighted by Gasteiger charge is -2.32. The third-order valence-electron chi connectivity index (χ3n) is 4.36. The molecule has 24 heavy (non-hydrogen) atoms. The number of hydrogen-bond donors (Lipinski definition) is 2. The number of hydrogen-bond acceptors (Lipinski definition) is 3. The molecule has 1 aliphatic carbocycles. The van der Waals surface area contributed by atoms with Crippen LogP contribution in [0.25, 0.3) is 5.65 Å². The Hall–Kier alpha value is -1.96. The standard InChI is InChI=1S/C15H17ClF2N4O2/c16-7-10-1-2-12-19-11(8-22(12)21-10)13(20-14(23)24)9-3-5-15(17,18)6-4-9/h1-2,8-9,13,20H,3-7H2,(H,23,24)/t13-/m0/s1. The summed E-state index contributed by atoms with van der Waals surface area (Å²) in [7, 11) is 0. The zero-order chi connectivity index (χ0) is 17.3. The van der Waals surface area contributed by atoms with Crippen LogP contribution in [0, 0.1) is 5.92 Å². The molecule has 1 atom stereocenters. The van der Waals surface area contributed by atoms with Crippen molar-refractivity contribution in [3.8, 4) is 0 Å². The second kappa shape index (κ2) is 6.51. The van der Waals surface area contributed by atoms with Gasteiger partial charge in [0.15, 0.2) is 5.65 Å². The highest BCUT2D eigenvalue weighted by atomic mass is 35.5. The number of nitrogens with zero attached hydrogens (tertiary/aromatic N) is 3. The van der Waals surface area contributed by atoms with Crippen LogP contribution in [0.2, 0.25) is 0 Å². The smallest absolute Gasteiger partial charge is 0.405 e. The Morgan fingerprint density at radius 1 is 1.46 bits per heavy atom. The van der Waals surface area contributed by atoms with E-state index in [1.807, 2.05) is 0 Å². The Kier molecular flexibility index (Phi) is 4.58. The molecule has 6 nitrogen and oxygen atoms in total. The van der Waals surface area contributed by atoms with Crippen molar-refractivity contribution < 1.29 is 18.7 Å². The second-order valence-electron chi connectivity index (χ2n) is 6.05. The minimum Gasteiger partial charge on any atom is -0.465 e. The fourth-order valence-corrected chi connectivity index (χ4v) is 3.27. The van der Waals surface area contributed by atoms with Crippen LogP contribution in [0.3, 0.4) is 0 Å². The van der Waals surface area contributed by atoms with Gasteiger partial charge in [0.2, 0.25) is 5.92 Å². The largest absolute Gasteiger partial charge is 0.465 e. The number of alkyl halides is 3. The van der Waals surface area contributed by atoms with Gasteiger partial charge in [0.1, 0.15) is 0 Å². The highest BCUT2D eigenvalue weighted by Crippen LogP contribution is 2.41. The Balaban J connectivity index is 1.89. The summed E-state index contributed by atoms with van der Waals surface area (Å²) in [6.45, 7) is 0. The lowest BCUT2D eigenvalue weighted by atomic mass is 9.81. The van der Waals surface area contributed by atoms with Crippen molar-refractivity contribution in [1.29, 1.82) is 0 Å². The molecule has 2 aromatic rings. The number of nitrogens with one attached hydrogen (secondary N) is 1. The summed E-state index contributed by atoms with van der Waals surface area (Å²) in [5.41, 5.74) is 1.69. The van der Waals surface area contributed by atoms with Crippen molar-refractivity contribution in [3.05, 3.63) is 29.7 Å². The Bertz CT molecular complexity index is 742. The van der Waals surface area contributed by atoms with E-state index in [9.17, 15) is 13.6 Å². The van der Waals surface area contributed by atoms with E-state index in [0.29, 0.717) is 17.0 Å². The molecule has 0 bridgehead atoms. The summed E-state index contributed by atoms with van der Waals surface area (Å²) >= 11 is 5.76. The third-order valence-corrected chi connectivity index (χ3v) is 4.64. The maximum Gasteiger partial charge on any atom is 0.405 e. The van der Waals surface area contributed by atoms with Crippen LogP contribution in [0.5, 0.6) is 0 Å². The quantitative estimate of drug-likeness (QED) is 0.818. The summed E-state index contributed by atoms with van der Waals surface area (Å²) in [5.74, 6) is -2.64. The Morgan fingerprint density at radius 3 is 2.79 bits per heavy atom. The Labute approximate surface area is 141 Å². The van der Waals surface area contributed by atoms with Gasteiger partial charge in [0.05, 0.1) is 29.5 Å². The molecule has 3 rings (SSSR count). The fourth-order valence-electron chi connectivity index (χ4n) is 3.12. The van der Waals surface area contributed by atoms with Gasteiger partial charge in [-0.1, -0.05) is 0 Å². The van der Waals surface area contributed by atoms with Crippen molar-refractivity contribution in [2.45, 2.75) is 43.5 Å². The molecule has 0 spiro atoms. The lowest BCUT2D eigenvalue weighted by molar-refractivity contribution is -0.0495. The number of fused-ring (bicyclic) bond motifs is 1. The molecular weight excluding hydrogens is 342 g/mol. The van der Waals surface area contributed by atoms with E-state index in [0.717, 1.165) is 0 Å². The molecule has 0 saturated heterocycles. The summed E-state index contributed by atoms with van der Waals surface area (Å²) in [4.78, 5) is 15.5. The zero-order valence-electron chi connectivity index (χ0n) is 12.8. The van der Waals surface area contributed by atoms with Crippen molar-refractivity contribution in [2.75, 3.05) is 0 Å². The van der Waals surface area contributed by atoms with Crippen LogP contribution in [0.15, 0.2) is 18.3 Å². The van der Waals surface area contributed by atoms with E-state index < -0.39 is 18.1 Å². The number of carbonyl (C=O) groups is 1. The number of halogens is 3. The zero-order valence-corrected chi connectivity index (χ0v) is 13.5. The predicted octanol–water partition coefficient (Wildman–Crippen LogP) is 3.60. The first-order valence-electron chi connectivity index (χ1n) is 7.66. The van der Waals surface area contributed by atoms with E-state index in [1.165, 1.54) is 4.52 Å². The first-order valence-corrected chi connectivity index (χ1v) is 8.20. The maximum absolute atomic E-state index is 13.4. The highest BCUT2D eigenvalue weighted by molar-refractivity contribution is 6.16. The van der Waals surface area contributed by atoms with Gasteiger partial charge in [-0.05, 0) is 30.9 Å². The summed E-state index contributed by atoms with van der Waals surface area (Å²) in [6.07, 6.45) is 0.426. The second-order valence-corrected chi connectivity index (χ2v) is 6.31. The molecule has 0 unspecified atom stereocenters. The van der Waals surface area contributed by atoms with Crippen LogP contribution in [-0.2, 0) is 5.88 Å². The SMILES string of the molecule is O=C(O)N[C@H](c1cn2nc(CCl)ccc2n1)C1CCC(F)(F)CC1. The maximum atomic E-state index is 13.4. The van der Waals surface area contributed by atoms with Crippen LogP contribution < -0.4 is 5.32 Å². The fraction of sp³-hybridized carbons (Fsp3) is 0.533. The van der Waals surface area contributed by atoms with Gasteiger partial charge >= 0.3 is 6.09 Å².